The zero-order valence-corrected chi connectivity index (χ0v) is 14.0. The Morgan fingerprint density at radius 1 is 1.32 bits per heavy atom. The number of nitrogens with one attached hydrogen (secondary N) is 3. The molecule has 0 saturated carbocycles. The average Bonchev–Trinajstić information content (AvgIpc) is 2.32. The molecule has 0 aliphatic rings. The van der Waals surface area contributed by atoms with Gasteiger partial charge in [-0.15, -0.1) is 12.4 Å². The second kappa shape index (κ2) is 7.86. The second-order valence-corrected chi connectivity index (χ2v) is 5.79. The van der Waals surface area contributed by atoms with Crippen molar-refractivity contribution in [1.82, 2.24) is 15.8 Å². The molecule has 9 heteroatoms. The number of carbonyl (C=O) groups is 2. The number of hydrogen-bond donors (Lipinski definition) is 4. The summed E-state index contributed by atoms with van der Waals surface area (Å²) in [5.74, 6) is -1.27. The van der Waals surface area contributed by atoms with E-state index in [1.54, 1.807) is 32.9 Å². The Hall–Kier alpha value is -1.99. The maximum atomic E-state index is 12.2. The number of halogens is 2. The fourth-order valence-corrected chi connectivity index (χ4v) is 1.63. The van der Waals surface area contributed by atoms with Gasteiger partial charge >= 0.3 is 6.03 Å². The molecule has 0 aliphatic heterocycles. The van der Waals surface area contributed by atoms with Crippen molar-refractivity contribution in [3.63, 3.8) is 0 Å². The molecule has 0 saturated heterocycles. The molecule has 3 amide bonds. The van der Waals surface area contributed by atoms with E-state index in [2.05, 4.69) is 10.7 Å². The molecule has 0 heterocycles. The van der Waals surface area contributed by atoms with E-state index in [1.165, 1.54) is 12.1 Å². The minimum Gasteiger partial charge on any atom is -0.368 e. The lowest BCUT2D eigenvalue weighted by atomic mass is 10.1. The molecule has 7 nitrogen and oxygen atoms in total. The summed E-state index contributed by atoms with van der Waals surface area (Å²) < 4.78 is 0. The third kappa shape index (κ3) is 6.19. The van der Waals surface area contributed by atoms with Crippen molar-refractivity contribution in [2.45, 2.75) is 26.3 Å². The molecular weight excluding hydrogens is 329 g/mol. The van der Waals surface area contributed by atoms with Gasteiger partial charge in [-0.3, -0.25) is 10.2 Å². The molecule has 1 aromatic rings. The summed E-state index contributed by atoms with van der Waals surface area (Å²) in [6.45, 7) is 5.34. The van der Waals surface area contributed by atoms with E-state index in [-0.39, 0.29) is 18.0 Å². The van der Waals surface area contributed by atoms with E-state index in [0.717, 1.165) is 0 Å². The smallest absolute Gasteiger partial charge is 0.334 e. The van der Waals surface area contributed by atoms with Gasteiger partial charge in [0.05, 0.1) is 0 Å². The highest BCUT2D eigenvalue weighted by atomic mass is 35.5. The highest BCUT2D eigenvalue weighted by molar-refractivity contribution is 6.31. The second-order valence-electron chi connectivity index (χ2n) is 5.35. The minimum atomic E-state index is -0.658. The van der Waals surface area contributed by atoms with Gasteiger partial charge in [0.2, 0.25) is 5.96 Å². The SMILES string of the molecule is CC(C)(C)NC(=O)NN(C(=N)N)C(=O)c1cccc(Cl)c1.Cl. The standard InChI is InChI=1S/C13H18ClN5O2.ClH/c1-13(2,3)17-12(21)18-19(11(15)16)10(20)8-5-4-6-9(14)7-8;/h4-7H,1-3H3,(H3,15,16)(H2,17,18,21);1H. The molecule has 1 rings (SSSR count). The van der Waals surface area contributed by atoms with Crippen LogP contribution in [0.1, 0.15) is 31.1 Å². The van der Waals surface area contributed by atoms with Crippen LogP contribution in [0, 0.1) is 5.41 Å². The number of nitrogens with two attached hydrogens (primary N) is 1. The molecule has 22 heavy (non-hydrogen) atoms. The number of hydrazine groups is 1. The van der Waals surface area contributed by atoms with E-state index >= 15 is 0 Å². The van der Waals surface area contributed by atoms with Crippen molar-refractivity contribution in [2.24, 2.45) is 5.73 Å². The van der Waals surface area contributed by atoms with E-state index < -0.39 is 23.4 Å². The molecule has 1 aromatic carbocycles. The van der Waals surface area contributed by atoms with Gasteiger partial charge in [0.25, 0.3) is 5.91 Å². The Morgan fingerprint density at radius 2 is 1.91 bits per heavy atom. The third-order valence-electron chi connectivity index (χ3n) is 2.22. The molecule has 122 valence electrons. The van der Waals surface area contributed by atoms with Gasteiger partial charge < -0.3 is 11.1 Å². The lowest BCUT2D eigenvalue weighted by Gasteiger charge is -2.25. The van der Waals surface area contributed by atoms with Crippen LogP contribution in [0.4, 0.5) is 4.79 Å². The van der Waals surface area contributed by atoms with Crippen LogP contribution in [0.15, 0.2) is 24.3 Å². The van der Waals surface area contributed by atoms with Crippen molar-refractivity contribution < 1.29 is 9.59 Å². The van der Waals surface area contributed by atoms with Crippen LogP contribution in [0.5, 0.6) is 0 Å². The van der Waals surface area contributed by atoms with Crippen molar-refractivity contribution in [3.8, 4) is 0 Å². The Bertz CT molecular complexity index is 572. The summed E-state index contributed by atoms with van der Waals surface area (Å²) in [6.07, 6.45) is 0. The lowest BCUT2D eigenvalue weighted by molar-refractivity contribution is 0.0797. The predicted molar refractivity (Wildman–Crippen MR) is 88.2 cm³/mol. The van der Waals surface area contributed by atoms with Crippen molar-refractivity contribution in [3.05, 3.63) is 34.9 Å². The van der Waals surface area contributed by atoms with E-state index in [1.807, 2.05) is 0 Å². The summed E-state index contributed by atoms with van der Waals surface area (Å²) in [5, 5.41) is 11.0. The molecule has 0 atom stereocenters. The van der Waals surface area contributed by atoms with Gasteiger partial charge in [-0.2, -0.15) is 5.01 Å². The Kier molecular flexibility index (Phi) is 7.15. The number of nitrogens with zero attached hydrogens (tertiary/aromatic N) is 1. The first-order valence-corrected chi connectivity index (χ1v) is 6.51. The third-order valence-corrected chi connectivity index (χ3v) is 2.45. The van der Waals surface area contributed by atoms with Gasteiger partial charge in [0, 0.05) is 16.1 Å². The van der Waals surface area contributed by atoms with Gasteiger partial charge in [0.1, 0.15) is 0 Å². The first kappa shape index (κ1) is 20.0. The Balaban J connectivity index is 0.00000441. The van der Waals surface area contributed by atoms with Crippen LogP contribution in [0.3, 0.4) is 0 Å². The maximum Gasteiger partial charge on any atom is 0.334 e. The van der Waals surface area contributed by atoms with Crippen LogP contribution >= 0.6 is 24.0 Å². The quantitative estimate of drug-likeness (QED) is 0.354. The van der Waals surface area contributed by atoms with E-state index in [0.29, 0.717) is 10.0 Å². The monoisotopic (exact) mass is 347 g/mol. The topological polar surface area (TPSA) is 111 Å². The molecule has 0 fully saturated rings. The largest absolute Gasteiger partial charge is 0.368 e. The summed E-state index contributed by atoms with van der Waals surface area (Å²) in [4.78, 5) is 24.0. The van der Waals surface area contributed by atoms with Crippen LogP contribution in [-0.2, 0) is 0 Å². The molecular formula is C13H19Cl2N5O2. The molecule has 0 radical (unpaired) electrons. The van der Waals surface area contributed by atoms with Crippen molar-refractivity contribution in [2.75, 3.05) is 0 Å². The summed E-state index contributed by atoms with van der Waals surface area (Å²) in [6, 6.07) is 5.48. The highest BCUT2D eigenvalue weighted by Gasteiger charge is 2.23. The fourth-order valence-electron chi connectivity index (χ4n) is 1.44. The fraction of sp³-hybridized carbons (Fsp3) is 0.308. The normalized spacial score (nSPS) is 10.2. The lowest BCUT2D eigenvalue weighted by Crippen LogP contribution is -2.57. The Labute approximate surface area is 140 Å². The average molecular weight is 348 g/mol. The van der Waals surface area contributed by atoms with Crippen molar-refractivity contribution >= 4 is 41.9 Å². The molecule has 0 bridgehead atoms. The number of hydrogen-bond acceptors (Lipinski definition) is 3. The number of amides is 3. The molecule has 5 N–H and O–H groups in total. The zero-order valence-electron chi connectivity index (χ0n) is 12.4. The summed E-state index contributed by atoms with van der Waals surface area (Å²) in [7, 11) is 0. The van der Waals surface area contributed by atoms with Crippen molar-refractivity contribution in [1.29, 1.82) is 5.41 Å². The maximum absolute atomic E-state index is 12.2. The number of rotatable bonds is 1. The zero-order chi connectivity index (χ0) is 16.2. The Morgan fingerprint density at radius 3 is 2.36 bits per heavy atom. The number of benzene rings is 1. The van der Waals surface area contributed by atoms with E-state index in [4.69, 9.17) is 22.7 Å². The van der Waals surface area contributed by atoms with E-state index in [9.17, 15) is 9.59 Å². The van der Waals surface area contributed by atoms with Gasteiger partial charge in [0.15, 0.2) is 0 Å². The van der Waals surface area contributed by atoms with Crippen LogP contribution in [0.25, 0.3) is 0 Å². The predicted octanol–water partition coefficient (Wildman–Crippen LogP) is 2.11. The highest BCUT2D eigenvalue weighted by Crippen LogP contribution is 2.12. The van der Waals surface area contributed by atoms with Gasteiger partial charge in [-0.05, 0) is 39.0 Å². The van der Waals surface area contributed by atoms with Crippen LogP contribution in [0.2, 0.25) is 5.02 Å². The van der Waals surface area contributed by atoms with Gasteiger partial charge in [-0.25, -0.2) is 10.2 Å². The number of guanidine groups is 1. The van der Waals surface area contributed by atoms with Crippen LogP contribution in [-0.4, -0.2) is 28.4 Å². The first-order chi connectivity index (χ1) is 9.60. The molecule has 0 aliphatic carbocycles. The first-order valence-electron chi connectivity index (χ1n) is 6.13. The summed E-state index contributed by atoms with van der Waals surface area (Å²) >= 11 is 5.81. The van der Waals surface area contributed by atoms with Gasteiger partial charge in [-0.1, -0.05) is 17.7 Å². The molecule has 0 unspecified atom stereocenters. The summed E-state index contributed by atoms with van der Waals surface area (Å²) in [5.41, 5.74) is 7.28. The molecule has 0 spiro atoms. The number of urea groups is 1. The number of carbonyl (C=O) groups excluding carboxylic acids is 2. The molecule has 0 aromatic heterocycles. The van der Waals surface area contributed by atoms with Crippen LogP contribution < -0.4 is 16.5 Å². The minimum absolute atomic E-state index is 0.